The van der Waals surface area contributed by atoms with Crippen LogP contribution in [-0.4, -0.2) is 65.6 Å². The number of nitro groups is 1. The van der Waals surface area contributed by atoms with E-state index < -0.39 is 22.7 Å². The Morgan fingerprint density at radius 1 is 1.16 bits per heavy atom. The highest BCUT2D eigenvalue weighted by atomic mass is 16.6. The molecule has 3 amide bonds. The number of nitrogens with one attached hydrogen (secondary N) is 3. The Labute approximate surface area is 180 Å². The molecule has 0 aromatic heterocycles. The van der Waals surface area contributed by atoms with Crippen molar-refractivity contribution in [1.29, 1.82) is 0 Å². The van der Waals surface area contributed by atoms with Crippen molar-refractivity contribution in [2.75, 3.05) is 31.5 Å². The van der Waals surface area contributed by atoms with Crippen molar-refractivity contribution in [2.24, 2.45) is 0 Å². The van der Waals surface area contributed by atoms with Crippen LogP contribution in [0, 0.1) is 10.1 Å². The van der Waals surface area contributed by atoms with Crippen LogP contribution in [0.15, 0.2) is 24.3 Å². The molecule has 1 atom stereocenters. The van der Waals surface area contributed by atoms with Crippen molar-refractivity contribution >= 4 is 29.3 Å². The summed E-state index contributed by atoms with van der Waals surface area (Å²) in [5.74, 6) is -0.747. The topological polar surface area (TPSA) is 143 Å². The maximum absolute atomic E-state index is 12.4. The average Bonchev–Trinajstić information content (AvgIpc) is 3.18. The molecule has 1 saturated heterocycles. The van der Waals surface area contributed by atoms with E-state index in [1.165, 1.54) is 17.0 Å². The van der Waals surface area contributed by atoms with Crippen LogP contribution in [0.1, 0.15) is 33.6 Å². The van der Waals surface area contributed by atoms with Gasteiger partial charge in [0, 0.05) is 37.5 Å². The summed E-state index contributed by atoms with van der Waals surface area (Å²) in [5.41, 5.74) is 0.0435. The van der Waals surface area contributed by atoms with Gasteiger partial charge in [-0.15, -0.1) is 0 Å². The fourth-order valence-electron chi connectivity index (χ4n) is 3.04. The first-order chi connectivity index (χ1) is 14.6. The molecule has 3 N–H and O–H groups in total. The third-order valence-corrected chi connectivity index (χ3v) is 4.46. The van der Waals surface area contributed by atoms with Gasteiger partial charge in [-0.3, -0.25) is 24.6 Å². The lowest BCUT2D eigenvalue weighted by atomic mass is 10.2. The van der Waals surface area contributed by atoms with Crippen LogP contribution in [-0.2, 0) is 14.3 Å². The summed E-state index contributed by atoms with van der Waals surface area (Å²) < 4.78 is 5.34. The Hall–Kier alpha value is -3.37. The lowest BCUT2D eigenvalue weighted by Gasteiger charge is -2.28. The molecular formula is C20H29N5O6. The molecule has 0 saturated carbocycles. The van der Waals surface area contributed by atoms with Gasteiger partial charge in [-0.1, -0.05) is 0 Å². The van der Waals surface area contributed by atoms with E-state index >= 15 is 0 Å². The van der Waals surface area contributed by atoms with Crippen molar-refractivity contribution in [2.45, 2.75) is 45.3 Å². The Bertz CT molecular complexity index is 805. The predicted octanol–water partition coefficient (Wildman–Crippen LogP) is 1.64. The second kappa shape index (κ2) is 10.6. The fourth-order valence-corrected chi connectivity index (χ4v) is 3.04. The van der Waals surface area contributed by atoms with Gasteiger partial charge in [0.05, 0.1) is 11.5 Å². The van der Waals surface area contributed by atoms with E-state index in [0.717, 1.165) is 0 Å². The number of hydrogen-bond acceptors (Lipinski definition) is 7. The molecule has 0 radical (unpaired) electrons. The number of amides is 3. The van der Waals surface area contributed by atoms with Crippen molar-refractivity contribution in [3.05, 3.63) is 34.4 Å². The standard InChI is InChI=1S/C20H29N5O6/c1-20(2,3)31-19(28)24-12-4-5-16(24)18(27)23-13-17(26)22-11-10-21-14-6-8-15(9-7-14)25(29)30/h6-9,16,21H,4-5,10-13H2,1-3H3,(H,22,26)(H,23,27)/t16-/m0/s1. The van der Waals surface area contributed by atoms with Crippen LogP contribution in [0.25, 0.3) is 0 Å². The summed E-state index contributed by atoms with van der Waals surface area (Å²) >= 11 is 0. The van der Waals surface area contributed by atoms with E-state index in [4.69, 9.17) is 4.74 Å². The van der Waals surface area contributed by atoms with Crippen LogP contribution in [0.4, 0.5) is 16.2 Å². The molecule has 0 spiro atoms. The SMILES string of the molecule is CC(C)(C)OC(=O)N1CCC[C@H]1C(=O)NCC(=O)NCCNc1ccc([N+](=O)[O-])cc1. The second-order valence-corrected chi connectivity index (χ2v) is 8.13. The smallest absolute Gasteiger partial charge is 0.410 e. The number of hydrogen-bond donors (Lipinski definition) is 3. The quantitative estimate of drug-likeness (QED) is 0.320. The monoisotopic (exact) mass is 435 g/mol. The first-order valence-electron chi connectivity index (χ1n) is 10.1. The van der Waals surface area contributed by atoms with E-state index in [2.05, 4.69) is 16.0 Å². The summed E-state index contributed by atoms with van der Waals surface area (Å²) in [4.78, 5) is 48.2. The van der Waals surface area contributed by atoms with Gasteiger partial charge in [-0.25, -0.2) is 4.79 Å². The lowest BCUT2D eigenvalue weighted by Crippen LogP contribution is -2.49. The predicted molar refractivity (Wildman–Crippen MR) is 114 cm³/mol. The van der Waals surface area contributed by atoms with Crippen LogP contribution >= 0.6 is 0 Å². The number of ether oxygens (including phenoxy) is 1. The molecular weight excluding hydrogens is 406 g/mol. The van der Waals surface area contributed by atoms with Gasteiger partial charge < -0.3 is 20.7 Å². The summed E-state index contributed by atoms with van der Waals surface area (Å²) in [6.45, 7) is 6.23. The number of anilines is 1. The van der Waals surface area contributed by atoms with E-state index in [1.54, 1.807) is 32.9 Å². The Morgan fingerprint density at radius 2 is 1.84 bits per heavy atom. The van der Waals surface area contributed by atoms with Crippen molar-refractivity contribution in [3.8, 4) is 0 Å². The third-order valence-electron chi connectivity index (χ3n) is 4.46. The highest BCUT2D eigenvalue weighted by Gasteiger charge is 2.36. The maximum atomic E-state index is 12.4. The summed E-state index contributed by atoms with van der Waals surface area (Å²) in [6.07, 6.45) is 0.677. The molecule has 0 unspecified atom stereocenters. The molecule has 1 fully saturated rings. The minimum absolute atomic E-state index is 0.00194. The van der Waals surface area contributed by atoms with Gasteiger partial charge in [-0.2, -0.15) is 0 Å². The largest absolute Gasteiger partial charge is 0.444 e. The van der Waals surface area contributed by atoms with Crippen LogP contribution < -0.4 is 16.0 Å². The van der Waals surface area contributed by atoms with Gasteiger partial charge in [0.25, 0.3) is 5.69 Å². The van der Waals surface area contributed by atoms with Crippen molar-refractivity contribution in [3.63, 3.8) is 0 Å². The molecule has 1 aliphatic heterocycles. The average molecular weight is 435 g/mol. The zero-order valence-electron chi connectivity index (χ0n) is 18.0. The minimum atomic E-state index is -0.650. The van der Waals surface area contributed by atoms with E-state index in [0.29, 0.717) is 38.2 Å². The number of nitrogens with zero attached hydrogens (tertiary/aromatic N) is 2. The van der Waals surface area contributed by atoms with Crippen molar-refractivity contribution < 1.29 is 24.0 Å². The Kier molecular flexibility index (Phi) is 8.17. The van der Waals surface area contributed by atoms with Gasteiger partial charge >= 0.3 is 6.09 Å². The zero-order chi connectivity index (χ0) is 23.0. The third kappa shape index (κ3) is 7.76. The number of nitro benzene ring substituents is 1. The molecule has 0 aliphatic carbocycles. The molecule has 1 aromatic carbocycles. The number of carbonyl (C=O) groups excluding carboxylic acids is 3. The Balaban J connectivity index is 1.68. The molecule has 11 heteroatoms. The second-order valence-electron chi connectivity index (χ2n) is 8.13. The van der Waals surface area contributed by atoms with E-state index in [-0.39, 0.29) is 24.0 Å². The summed E-state index contributed by atoms with van der Waals surface area (Å²) in [5, 5.41) is 18.9. The maximum Gasteiger partial charge on any atom is 0.410 e. The van der Waals surface area contributed by atoms with Gasteiger partial charge in [-0.05, 0) is 45.7 Å². The molecule has 31 heavy (non-hydrogen) atoms. The van der Waals surface area contributed by atoms with Crippen LogP contribution in [0.2, 0.25) is 0 Å². The molecule has 1 aromatic rings. The molecule has 2 rings (SSSR count). The zero-order valence-corrected chi connectivity index (χ0v) is 18.0. The Morgan fingerprint density at radius 3 is 2.45 bits per heavy atom. The molecule has 0 bridgehead atoms. The molecule has 11 nitrogen and oxygen atoms in total. The molecule has 1 aliphatic rings. The highest BCUT2D eigenvalue weighted by molar-refractivity contribution is 5.89. The summed E-state index contributed by atoms with van der Waals surface area (Å²) in [7, 11) is 0. The minimum Gasteiger partial charge on any atom is -0.444 e. The molecule has 1 heterocycles. The van der Waals surface area contributed by atoms with Crippen LogP contribution in [0.3, 0.4) is 0 Å². The normalized spacial score (nSPS) is 15.8. The van der Waals surface area contributed by atoms with E-state index in [1.807, 2.05) is 0 Å². The first-order valence-corrected chi connectivity index (χ1v) is 10.1. The lowest BCUT2D eigenvalue weighted by molar-refractivity contribution is -0.384. The summed E-state index contributed by atoms with van der Waals surface area (Å²) in [6, 6.07) is 5.29. The molecule has 170 valence electrons. The number of carbonyl (C=O) groups is 3. The van der Waals surface area contributed by atoms with Gasteiger partial charge in [0.1, 0.15) is 11.6 Å². The first kappa shape index (κ1) is 23.9. The number of likely N-dealkylation sites (tertiary alicyclic amines) is 1. The van der Waals surface area contributed by atoms with E-state index in [9.17, 15) is 24.5 Å². The number of benzene rings is 1. The fraction of sp³-hybridized carbons (Fsp3) is 0.550. The number of non-ortho nitro benzene ring substituents is 1. The van der Waals surface area contributed by atoms with Crippen LogP contribution in [0.5, 0.6) is 0 Å². The van der Waals surface area contributed by atoms with Crippen molar-refractivity contribution in [1.82, 2.24) is 15.5 Å². The van der Waals surface area contributed by atoms with Gasteiger partial charge in [0.15, 0.2) is 0 Å². The number of rotatable bonds is 8. The highest BCUT2D eigenvalue weighted by Crippen LogP contribution is 2.21. The van der Waals surface area contributed by atoms with Gasteiger partial charge in [0.2, 0.25) is 11.8 Å².